The molecule has 0 aromatic heterocycles. The molecule has 0 spiro atoms. The molecule has 82 valence electrons. The summed E-state index contributed by atoms with van der Waals surface area (Å²) in [4.78, 5) is 0. The molecule has 1 aliphatic rings. The number of rotatable bonds is 1. The van der Waals surface area contributed by atoms with Crippen molar-refractivity contribution in [2.24, 2.45) is 0 Å². The Morgan fingerprint density at radius 2 is 2.07 bits per heavy atom. The molecule has 15 heavy (non-hydrogen) atoms. The van der Waals surface area contributed by atoms with Crippen LogP contribution in [0.15, 0.2) is 24.3 Å². The Balaban J connectivity index is 2.24. The van der Waals surface area contributed by atoms with Gasteiger partial charge in [-0.3, -0.25) is 0 Å². The number of hydrogen-bond acceptors (Lipinski definition) is 1. The lowest BCUT2D eigenvalue weighted by Crippen LogP contribution is -2.46. The first-order valence-electron chi connectivity index (χ1n) is 5.25. The van der Waals surface area contributed by atoms with E-state index in [-0.39, 0.29) is 5.54 Å². The first-order chi connectivity index (χ1) is 7.10. The van der Waals surface area contributed by atoms with E-state index in [1.165, 1.54) is 0 Å². The third-order valence-corrected chi connectivity index (χ3v) is 3.34. The van der Waals surface area contributed by atoms with Crippen LogP contribution in [0.1, 0.15) is 25.3 Å². The summed E-state index contributed by atoms with van der Waals surface area (Å²) in [6, 6.07) is 7.64. The normalized spacial score (nSPS) is 31.5. The topological polar surface area (TPSA) is 12.0 Å². The van der Waals surface area contributed by atoms with Gasteiger partial charge in [0.1, 0.15) is 6.17 Å². The van der Waals surface area contributed by atoms with E-state index in [4.69, 9.17) is 11.6 Å². The zero-order valence-electron chi connectivity index (χ0n) is 8.76. The van der Waals surface area contributed by atoms with Gasteiger partial charge in [-0.25, -0.2) is 4.39 Å². The SMILES string of the molecule is CC1(c2ccc(Cl)cc2)CC(F)CCN1. The molecule has 0 bridgehead atoms. The molecule has 2 atom stereocenters. The Labute approximate surface area is 94.6 Å². The van der Waals surface area contributed by atoms with E-state index < -0.39 is 6.17 Å². The summed E-state index contributed by atoms with van der Waals surface area (Å²) >= 11 is 5.83. The number of piperidine rings is 1. The second-order valence-electron chi connectivity index (χ2n) is 4.36. The van der Waals surface area contributed by atoms with Crippen LogP contribution in [-0.2, 0) is 5.54 Å². The molecule has 0 aliphatic carbocycles. The molecule has 0 amide bonds. The predicted molar refractivity (Wildman–Crippen MR) is 60.9 cm³/mol. The summed E-state index contributed by atoms with van der Waals surface area (Å²) in [7, 11) is 0. The standard InChI is InChI=1S/C12H15ClFN/c1-12(8-11(14)6-7-15-12)9-2-4-10(13)5-3-9/h2-5,11,15H,6-8H2,1H3. The van der Waals surface area contributed by atoms with Crippen molar-refractivity contribution in [2.45, 2.75) is 31.5 Å². The van der Waals surface area contributed by atoms with E-state index in [1.807, 2.05) is 31.2 Å². The van der Waals surface area contributed by atoms with Crippen LogP contribution in [0.25, 0.3) is 0 Å². The molecule has 1 saturated heterocycles. The van der Waals surface area contributed by atoms with E-state index in [2.05, 4.69) is 5.32 Å². The first-order valence-corrected chi connectivity index (χ1v) is 5.63. The van der Waals surface area contributed by atoms with Gasteiger partial charge < -0.3 is 5.32 Å². The minimum absolute atomic E-state index is 0.248. The van der Waals surface area contributed by atoms with Gasteiger partial charge in [0.25, 0.3) is 0 Å². The molecule has 2 rings (SSSR count). The molecular weight excluding hydrogens is 213 g/mol. The minimum atomic E-state index is -0.702. The van der Waals surface area contributed by atoms with Crippen LogP contribution >= 0.6 is 11.6 Å². The lowest BCUT2D eigenvalue weighted by Gasteiger charge is -2.37. The van der Waals surface area contributed by atoms with E-state index in [9.17, 15) is 4.39 Å². The van der Waals surface area contributed by atoms with Crippen molar-refractivity contribution in [1.29, 1.82) is 0 Å². The number of alkyl halides is 1. The maximum absolute atomic E-state index is 13.4. The lowest BCUT2D eigenvalue weighted by molar-refractivity contribution is 0.165. The Hall–Kier alpha value is -0.600. The van der Waals surface area contributed by atoms with E-state index >= 15 is 0 Å². The third-order valence-electron chi connectivity index (χ3n) is 3.08. The summed E-state index contributed by atoms with van der Waals surface area (Å²) in [5.74, 6) is 0. The Morgan fingerprint density at radius 1 is 1.40 bits per heavy atom. The van der Waals surface area contributed by atoms with Gasteiger partial charge in [-0.15, -0.1) is 0 Å². The van der Waals surface area contributed by atoms with E-state index in [0.717, 1.165) is 17.1 Å². The van der Waals surface area contributed by atoms with Crippen LogP contribution in [0.2, 0.25) is 5.02 Å². The van der Waals surface area contributed by atoms with Crippen molar-refractivity contribution in [3.8, 4) is 0 Å². The van der Waals surface area contributed by atoms with Crippen LogP contribution in [-0.4, -0.2) is 12.7 Å². The van der Waals surface area contributed by atoms with Crippen molar-refractivity contribution >= 4 is 11.6 Å². The Morgan fingerprint density at radius 3 is 2.67 bits per heavy atom. The highest BCUT2D eigenvalue weighted by atomic mass is 35.5. The van der Waals surface area contributed by atoms with Crippen LogP contribution in [0.4, 0.5) is 4.39 Å². The number of benzene rings is 1. The molecule has 1 aromatic rings. The maximum Gasteiger partial charge on any atom is 0.103 e. The molecule has 1 nitrogen and oxygen atoms in total. The molecular formula is C12H15ClFN. The minimum Gasteiger partial charge on any atom is -0.307 e. The van der Waals surface area contributed by atoms with Crippen LogP contribution < -0.4 is 5.32 Å². The highest BCUT2D eigenvalue weighted by Gasteiger charge is 2.33. The molecule has 2 unspecified atom stereocenters. The van der Waals surface area contributed by atoms with Gasteiger partial charge in [0, 0.05) is 17.0 Å². The lowest BCUT2D eigenvalue weighted by atomic mass is 9.83. The summed E-state index contributed by atoms with van der Waals surface area (Å²) in [5, 5.41) is 4.10. The van der Waals surface area contributed by atoms with Gasteiger partial charge in [0.2, 0.25) is 0 Å². The molecule has 1 aliphatic heterocycles. The fraction of sp³-hybridized carbons (Fsp3) is 0.500. The zero-order valence-corrected chi connectivity index (χ0v) is 9.52. The smallest absolute Gasteiger partial charge is 0.103 e. The van der Waals surface area contributed by atoms with Crippen molar-refractivity contribution in [2.75, 3.05) is 6.54 Å². The molecule has 1 fully saturated rings. The van der Waals surface area contributed by atoms with Crippen molar-refractivity contribution < 1.29 is 4.39 Å². The average Bonchev–Trinajstić information content (AvgIpc) is 2.18. The summed E-state index contributed by atoms with van der Waals surface area (Å²) in [6.07, 6.45) is 0.449. The van der Waals surface area contributed by atoms with Gasteiger partial charge in [0.15, 0.2) is 0 Å². The second-order valence-corrected chi connectivity index (χ2v) is 4.79. The van der Waals surface area contributed by atoms with Crippen LogP contribution in [0.3, 0.4) is 0 Å². The van der Waals surface area contributed by atoms with Crippen molar-refractivity contribution in [3.63, 3.8) is 0 Å². The molecule has 1 N–H and O–H groups in total. The highest BCUT2D eigenvalue weighted by molar-refractivity contribution is 6.30. The monoisotopic (exact) mass is 227 g/mol. The van der Waals surface area contributed by atoms with Gasteiger partial charge in [0.05, 0.1) is 0 Å². The van der Waals surface area contributed by atoms with Gasteiger partial charge in [-0.05, 0) is 37.6 Å². The fourth-order valence-corrected chi connectivity index (χ4v) is 2.29. The zero-order chi connectivity index (χ0) is 10.9. The second kappa shape index (κ2) is 4.11. The quantitative estimate of drug-likeness (QED) is 0.777. The van der Waals surface area contributed by atoms with Crippen LogP contribution in [0, 0.1) is 0 Å². The number of nitrogens with one attached hydrogen (secondary N) is 1. The average molecular weight is 228 g/mol. The largest absolute Gasteiger partial charge is 0.307 e. The third kappa shape index (κ3) is 2.32. The molecule has 3 heteroatoms. The molecule has 1 heterocycles. The van der Waals surface area contributed by atoms with E-state index in [1.54, 1.807) is 0 Å². The maximum atomic E-state index is 13.4. The fourth-order valence-electron chi connectivity index (χ4n) is 2.16. The summed E-state index contributed by atoms with van der Waals surface area (Å²) < 4.78 is 13.4. The Kier molecular flexibility index (Phi) is 2.98. The molecule has 0 radical (unpaired) electrons. The van der Waals surface area contributed by atoms with E-state index in [0.29, 0.717) is 12.8 Å². The summed E-state index contributed by atoms with van der Waals surface area (Å²) in [6.45, 7) is 2.78. The molecule has 1 aromatic carbocycles. The van der Waals surface area contributed by atoms with Gasteiger partial charge in [-0.2, -0.15) is 0 Å². The van der Waals surface area contributed by atoms with Gasteiger partial charge in [-0.1, -0.05) is 23.7 Å². The Bertz CT molecular complexity index is 338. The number of hydrogen-bond donors (Lipinski definition) is 1. The van der Waals surface area contributed by atoms with Crippen molar-refractivity contribution in [3.05, 3.63) is 34.9 Å². The predicted octanol–water partition coefficient (Wildman–Crippen LogP) is 3.28. The highest BCUT2D eigenvalue weighted by Crippen LogP contribution is 2.31. The number of halogens is 2. The van der Waals surface area contributed by atoms with Gasteiger partial charge >= 0.3 is 0 Å². The summed E-state index contributed by atoms with van der Waals surface area (Å²) in [5.41, 5.74) is 0.858. The molecule has 0 saturated carbocycles. The first kappa shape index (κ1) is 10.9. The van der Waals surface area contributed by atoms with Crippen LogP contribution in [0.5, 0.6) is 0 Å². The van der Waals surface area contributed by atoms with Crippen molar-refractivity contribution in [1.82, 2.24) is 5.32 Å².